The number of nitrogens with zero attached hydrogens (tertiary/aromatic N) is 2. The van der Waals surface area contributed by atoms with E-state index in [2.05, 4.69) is 10.3 Å². The van der Waals surface area contributed by atoms with Crippen LogP contribution >= 0.6 is 11.3 Å². The van der Waals surface area contributed by atoms with Gasteiger partial charge in [0.25, 0.3) is 5.91 Å². The molecule has 23 heavy (non-hydrogen) atoms. The molecule has 4 nitrogen and oxygen atoms in total. The Morgan fingerprint density at radius 1 is 1.43 bits per heavy atom. The SMILES string of the molecule is CNC1CCCN(C(=O)c2cnc(Cc3ccc(F)cc3)s2)C1. The Bertz CT molecular complexity index is 671. The van der Waals surface area contributed by atoms with Crippen LogP contribution in [0, 0.1) is 5.82 Å². The molecular formula is C17H20FN3OS. The van der Waals surface area contributed by atoms with Crippen molar-refractivity contribution in [2.24, 2.45) is 0 Å². The van der Waals surface area contributed by atoms with Crippen molar-refractivity contribution < 1.29 is 9.18 Å². The number of piperidine rings is 1. The number of hydrogen-bond acceptors (Lipinski definition) is 4. The number of likely N-dealkylation sites (N-methyl/N-ethyl adjacent to an activating group) is 1. The van der Waals surface area contributed by atoms with Crippen LogP contribution in [0.1, 0.15) is 33.1 Å². The van der Waals surface area contributed by atoms with Gasteiger partial charge in [0.15, 0.2) is 0 Å². The van der Waals surface area contributed by atoms with Gasteiger partial charge in [0.2, 0.25) is 0 Å². The Kier molecular flexibility index (Phi) is 5.03. The van der Waals surface area contributed by atoms with Gasteiger partial charge < -0.3 is 10.2 Å². The van der Waals surface area contributed by atoms with E-state index in [1.165, 1.54) is 23.5 Å². The number of nitrogens with one attached hydrogen (secondary N) is 1. The maximum absolute atomic E-state index is 12.9. The third-order valence-electron chi connectivity index (χ3n) is 4.15. The number of aromatic nitrogens is 1. The van der Waals surface area contributed by atoms with Crippen molar-refractivity contribution in [1.82, 2.24) is 15.2 Å². The second kappa shape index (κ2) is 7.19. The first kappa shape index (κ1) is 16.1. The summed E-state index contributed by atoms with van der Waals surface area (Å²) in [7, 11) is 1.94. The molecule has 6 heteroatoms. The van der Waals surface area contributed by atoms with Crippen molar-refractivity contribution in [2.45, 2.75) is 25.3 Å². The molecule has 2 aromatic rings. The van der Waals surface area contributed by atoms with E-state index in [4.69, 9.17) is 0 Å². The predicted octanol–water partition coefficient (Wildman–Crippen LogP) is 2.70. The van der Waals surface area contributed by atoms with Crippen LogP contribution in [0.25, 0.3) is 0 Å². The maximum Gasteiger partial charge on any atom is 0.265 e. The van der Waals surface area contributed by atoms with E-state index in [0.717, 1.165) is 36.5 Å². The average Bonchev–Trinajstić information content (AvgIpc) is 3.05. The molecule has 0 spiro atoms. The quantitative estimate of drug-likeness (QED) is 0.936. The Morgan fingerprint density at radius 3 is 2.96 bits per heavy atom. The first-order chi connectivity index (χ1) is 11.2. The van der Waals surface area contributed by atoms with Gasteiger partial charge in [0, 0.05) is 25.6 Å². The number of thiazole rings is 1. The standard InChI is InChI=1S/C17H20FN3OS/c1-19-14-3-2-8-21(11-14)17(22)15-10-20-16(23-15)9-12-4-6-13(18)7-5-12/h4-7,10,14,19H,2-3,8-9,11H2,1H3. The predicted molar refractivity (Wildman–Crippen MR) is 89.3 cm³/mol. The largest absolute Gasteiger partial charge is 0.336 e. The highest BCUT2D eigenvalue weighted by Crippen LogP contribution is 2.21. The van der Waals surface area contributed by atoms with Gasteiger partial charge in [-0.1, -0.05) is 12.1 Å². The van der Waals surface area contributed by atoms with Gasteiger partial charge in [-0.05, 0) is 37.6 Å². The number of hydrogen-bond donors (Lipinski definition) is 1. The summed E-state index contributed by atoms with van der Waals surface area (Å²) in [6.07, 6.45) is 4.42. The summed E-state index contributed by atoms with van der Waals surface area (Å²) in [6, 6.07) is 6.77. The molecule has 1 unspecified atom stereocenters. The summed E-state index contributed by atoms with van der Waals surface area (Å²) >= 11 is 1.43. The zero-order valence-corrected chi connectivity index (χ0v) is 13.9. The van der Waals surface area contributed by atoms with Crippen LogP contribution in [0.3, 0.4) is 0 Å². The van der Waals surface area contributed by atoms with Crippen LogP contribution in [-0.2, 0) is 6.42 Å². The number of carbonyl (C=O) groups excluding carboxylic acids is 1. The molecule has 1 N–H and O–H groups in total. The lowest BCUT2D eigenvalue weighted by Gasteiger charge is -2.32. The van der Waals surface area contributed by atoms with E-state index in [1.54, 1.807) is 18.3 Å². The monoisotopic (exact) mass is 333 g/mol. The van der Waals surface area contributed by atoms with Crippen molar-refractivity contribution >= 4 is 17.2 Å². The van der Waals surface area contributed by atoms with E-state index < -0.39 is 0 Å². The lowest BCUT2D eigenvalue weighted by molar-refractivity contribution is 0.0703. The second-order valence-electron chi connectivity index (χ2n) is 5.80. The van der Waals surface area contributed by atoms with Crippen LogP contribution in [-0.4, -0.2) is 42.0 Å². The third-order valence-corrected chi connectivity index (χ3v) is 5.14. The van der Waals surface area contributed by atoms with Gasteiger partial charge in [-0.25, -0.2) is 9.37 Å². The molecular weight excluding hydrogens is 313 g/mol. The molecule has 3 rings (SSSR count). The van der Waals surface area contributed by atoms with Gasteiger partial charge in [0.05, 0.1) is 11.2 Å². The smallest absolute Gasteiger partial charge is 0.265 e. The minimum Gasteiger partial charge on any atom is -0.336 e. The van der Waals surface area contributed by atoms with Crippen molar-refractivity contribution in [1.29, 1.82) is 0 Å². The molecule has 1 fully saturated rings. The molecule has 122 valence electrons. The van der Waals surface area contributed by atoms with Gasteiger partial charge in [-0.2, -0.15) is 0 Å². The summed E-state index contributed by atoms with van der Waals surface area (Å²) in [5.41, 5.74) is 0.993. The minimum atomic E-state index is -0.243. The Labute approximate surface area is 139 Å². The highest BCUT2D eigenvalue weighted by Gasteiger charge is 2.24. The zero-order valence-electron chi connectivity index (χ0n) is 13.1. The van der Waals surface area contributed by atoms with Crippen molar-refractivity contribution in [3.05, 3.63) is 51.7 Å². The molecule has 1 aliphatic heterocycles. The van der Waals surface area contributed by atoms with Crippen LogP contribution in [0.4, 0.5) is 4.39 Å². The molecule has 1 saturated heterocycles. The minimum absolute atomic E-state index is 0.0628. The molecule has 0 saturated carbocycles. The molecule has 1 atom stereocenters. The van der Waals surface area contributed by atoms with Gasteiger partial charge in [-0.15, -0.1) is 11.3 Å². The van der Waals surface area contributed by atoms with E-state index in [0.29, 0.717) is 17.3 Å². The van der Waals surface area contributed by atoms with Crippen LogP contribution < -0.4 is 5.32 Å². The molecule has 1 aliphatic rings. The molecule has 1 aromatic carbocycles. The van der Waals surface area contributed by atoms with Crippen LogP contribution in [0.2, 0.25) is 0 Å². The Morgan fingerprint density at radius 2 is 2.22 bits per heavy atom. The fourth-order valence-corrected chi connectivity index (χ4v) is 3.74. The summed E-state index contributed by atoms with van der Waals surface area (Å²) in [4.78, 5) is 19.5. The van der Waals surface area contributed by atoms with Crippen molar-refractivity contribution in [2.75, 3.05) is 20.1 Å². The zero-order chi connectivity index (χ0) is 16.2. The van der Waals surface area contributed by atoms with E-state index >= 15 is 0 Å². The van der Waals surface area contributed by atoms with Gasteiger partial charge in [0.1, 0.15) is 10.7 Å². The lowest BCUT2D eigenvalue weighted by atomic mass is 10.1. The number of amides is 1. The van der Waals surface area contributed by atoms with Crippen LogP contribution in [0.15, 0.2) is 30.5 Å². The maximum atomic E-state index is 12.9. The molecule has 0 radical (unpaired) electrons. The van der Waals surface area contributed by atoms with Crippen LogP contribution in [0.5, 0.6) is 0 Å². The Balaban J connectivity index is 1.66. The summed E-state index contributed by atoms with van der Waals surface area (Å²) in [5.74, 6) is -0.180. The van der Waals surface area contributed by atoms with E-state index in [-0.39, 0.29) is 11.7 Å². The number of halogens is 1. The number of rotatable bonds is 4. The summed E-state index contributed by atoms with van der Waals surface area (Å²) in [6.45, 7) is 1.56. The van der Waals surface area contributed by atoms with Gasteiger partial charge >= 0.3 is 0 Å². The van der Waals surface area contributed by atoms with E-state index in [9.17, 15) is 9.18 Å². The van der Waals surface area contributed by atoms with Crippen molar-refractivity contribution in [3.63, 3.8) is 0 Å². The molecule has 2 heterocycles. The fraction of sp³-hybridized carbons (Fsp3) is 0.412. The Hall–Kier alpha value is -1.79. The first-order valence-electron chi connectivity index (χ1n) is 7.81. The average molecular weight is 333 g/mol. The van der Waals surface area contributed by atoms with Crippen molar-refractivity contribution in [3.8, 4) is 0 Å². The highest BCUT2D eigenvalue weighted by atomic mass is 32.1. The number of likely N-dealkylation sites (tertiary alicyclic amines) is 1. The van der Waals surface area contributed by atoms with Gasteiger partial charge in [-0.3, -0.25) is 4.79 Å². The molecule has 1 aromatic heterocycles. The number of carbonyl (C=O) groups is 1. The highest BCUT2D eigenvalue weighted by molar-refractivity contribution is 7.13. The normalized spacial score (nSPS) is 18.2. The van der Waals surface area contributed by atoms with E-state index in [1.807, 2.05) is 11.9 Å². The molecule has 0 aliphatic carbocycles. The number of benzene rings is 1. The summed E-state index contributed by atoms with van der Waals surface area (Å²) < 4.78 is 12.9. The molecule has 0 bridgehead atoms. The first-order valence-corrected chi connectivity index (χ1v) is 8.63. The molecule has 1 amide bonds. The summed E-state index contributed by atoms with van der Waals surface area (Å²) in [5, 5.41) is 4.12. The fourth-order valence-electron chi connectivity index (χ4n) is 2.82. The second-order valence-corrected chi connectivity index (χ2v) is 6.92. The lowest BCUT2D eigenvalue weighted by Crippen LogP contribution is -2.46. The third kappa shape index (κ3) is 3.95. The topological polar surface area (TPSA) is 45.2 Å².